The van der Waals surface area contributed by atoms with Gasteiger partial charge < -0.3 is 15.3 Å². The van der Waals surface area contributed by atoms with E-state index in [-0.39, 0.29) is 24.5 Å². The van der Waals surface area contributed by atoms with Crippen molar-refractivity contribution in [3.8, 4) is 0 Å². The highest BCUT2D eigenvalue weighted by Crippen LogP contribution is 2.26. The molecule has 0 aliphatic carbocycles. The van der Waals surface area contributed by atoms with Crippen LogP contribution in [0.3, 0.4) is 0 Å². The Morgan fingerprint density at radius 2 is 2.25 bits per heavy atom. The highest BCUT2D eigenvalue weighted by Gasteiger charge is 2.29. The Balaban J connectivity index is 1.84. The summed E-state index contributed by atoms with van der Waals surface area (Å²) in [4.78, 5) is 25.6. The van der Waals surface area contributed by atoms with Crippen LogP contribution in [0.15, 0.2) is 18.2 Å². The van der Waals surface area contributed by atoms with E-state index in [0.29, 0.717) is 24.9 Å². The van der Waals surface area contributed by atoms with Crippen molar-refractivity contribution in [2.24, 2.45) is 0 Å². The summed E-state index contributed by atoms with van der Waals surface area (Å²) in [5, 5.41) is 12.1. The van der Waals surface area contributed by atoms with Gasteiger partial charge in [-0.2, -0.15) is 0 Å². The molecule has 1 unspecified atom stereocenters. The Morgan fingerprint density at radius 1 is 1.40 bits per heavy atom. The number of aryl methyl sites for hydroxylation is 1. The summed E-state index contributed by atoms with van der Waals surface area (Å²) in [6.07, 6.45) is 2.94. The van der Waals surface area contributed by atoms with E-state index in [1.807, 2.05) is 6.07 Å². The van der Waals surface area contributed by atoms with Crippen LogP contribution >= 0.6 is 0 Å². The third kappa shape index (κ3) is 2.29. The molecule has 1 saturated heterocycles. The smallest absolute Gasteiger partial charge is 0.254 e. The number of hydrogen-bond donors (Lipinski definition) is 2. The number of carbonyl (C=O) groups excluding carboxylic acids is 2. The Kier molecular flexibility index (Phi) is 3.44. The molecule has 20 heavy (non-hydrogen) atoms. The average molecular weight is 274 g/mol. The Morgan fingerprint density at radius 3 is 3.05 bits per heavy atom. The minimum absolute atomic E-state index is 0.0206. The summed E-state index contributed by atoms with van der Waals surface area (Å²) in [6.45, 7) is 0.727. The predicted octanol–water partition coefficient (Wildman–Crippen LogP) is 1.17. The summed E-state index contributed by atoms with van der Waals surface area (Å²) in [5.41, 5.74) is 2.45. The van der Waals surface area contributed by atoms with Crippen molar-refractivity contribution < 1.29 is 14.7 Å². The number of aliphatic hydroxyl groups is 1. The quantitative estimate of drug-likeness (QED) is 0.850. The molecule has 2 N–H and O–H groups in total. The van der Waals surface area contributed by atoms with Crippen molar-refractivity contribution in [3.05, 3.63) is 29.3 Å². The van der Waals surface area contributed by atoms with E-state index in [9.17, 15) is 14.7 Å². The summed E-state index contributed by atoms with van der Waals surface area (Å²) in [7, 11) is 0. The second kappa shape index (κ2) is 5.25. The molecule has 2 amide bonds. The standard InChI is InChI=1S/C15H18N2O3/c18-9-12-2-1-7-17(12)15(20)11-3-5-13-10(8-11)4-6-14(19)16-13/h3,5,8,12,18H,1-2,4,6-7,9H2,(H,16,19). The van der Waals surface area contributed by atoms with Gasteiger partial charge in [-0.05, 0) is 43.0 Å². The summed E-state index contributed by atoms with van der Waals surface area (Å²) < 4.78 is 0. The van der Waals surface area contributed by atoms with Gasteiger partial charge in [-0.1, -0.05) is 0 Å². The van der Waals surface area contributed by atoms with Gasteiger partial charge in [-0.25, -0.2) is 0 Å². The molecule has 2 aliphatic rings. The highest BCUT2D eigenvalue weighted by atomic mass is 16.3. The number of rotatable bonds is 2. The Labute approximate surface area is 117 Å². The fraction of sp³-hybridized carbons (Fsp3) is 0.467. The molecule has 1 aromatic carbocycles. The van der Waals surface area contributed by atoms with Crippen LogP contribution in [0.25, 0.3) is 0 Å². The molecule has 106 valence electrons. The first kappa shape index (κ1) is 13.1. The van der Waals surface area contributed by atoms with Crippen LogP contribution < -0.4 is 5.32 Å². The molecule has 5 nitrogen and oxygen atoms in total. The first-order valence-corrected chi connectivity index (χ1v) is 7.03. The Hall–Kier alpha value is -1.88. The van der Waals surface area contributed by atoms with Crippen LogP contribution in [-0.2, 0) is 11.2 Å². The van der Waals surface area contributed by atoms with Gasteiger partial charge in [0.05, 0.1) is 12.6 Å². The van der Waals surface area contributed by atoms with Crippen LogP contribution in [0.1, 0.15) is 35.2 Å². The van der Waals surface area contributed by atoms with Gasteiger partial charge >= 0.3 is 0 Å². The summed E-state index contributed by atoms with van der Waals surface area (Å²) in [5.74, 6) is -0.00212. The average Bonchev–Trinajstić information content (AvgIpc) is 2.94. The fourth-order valence-electron chi connectivity index (χ4n) is 2.98. The van der Waals surface area contributed by atoms with Crippen molar-refractivity contribution in [1.82, 2.24) is 4.90 Å². The van der Waals surface area contributed by atoms with Gasteiger partial charge in [0.15, 0.2) is 0 Å². The number of aliphatic hydroxyl groups excluding tert-OH is 1. The molecule has 2 aliphatic heterocycles. The molecule has 1 atom stereocenters. The lowest BCUT2D eigenvalue weighted by atomic mass is 10.00. The van der Waals surface area contributed by atoms with E-state index in [2.05, 4.69) is 5.32 Å². The van der Waals surface area contributed by atoms with Crippen molar-refractivity contribution in [3.63, 3.8) is 0 Å². The molecular formula is C15H18N2O3. The SMILES string of the molecule is O=C1CCc2cc(C(=O)N3CCCC3CO)ccc2N1. The monoisotopic (exact) mass is 274 g/mol. The normalized spacial score (nSPS) is 21.6. The molecule has 2 heterocycles. The van der Waals surface area contributed by atoms with Gasteiger partial charge in [0.25, 0.3) is 5.91 Å². The molecule has 1 aromatic rings. The number of anilines is 1. The largest absolute Gasteiger partial charge is 0.394 e. The molecule has 0 spiro atoms. The van der Waals surface area contributed by atoms with Crippen molar-refractivity contribution >= 4 is 17.5 Å². The summed E-state index contributed by atoms with van der Waals surface area (Å²) in [6, 6.07) is 5.35. The zero-order valence-electron chi connectivity index (χ0n) is 11.3. The minimum Gasteiger partial charge on any atom is -0.394 e. The molecule has 0 bridgehead atoms. The maximum Gasteiger partial charge on any atom is 0.254 e. The first-order valence-electron chi connectivity index (χ1n) is 7.03. The van der Waals surface area contributed by atoms with E-state index in [0.717, 1.165) is 24.1 Å². The minimum atomic E-state index is -0.0572. The molecule has 3 rings (SSSR count). The summed E-state index contributed by atoms with van der Waals surface area (Å²) >= 11 is 0. The topological polar surface area (TPSA) is 69.6 Å². The maximum atomic E-state index is 12.5. The fourth-order valence-corrected chi connectivity index (χ4v) is 2.98. The molecular weight excluding hydrogens is 256 g/mol. The van der Waals surface area contributed by atoms with Crippen LogP contribution in [0.2, 0.25) is 0 Å². The molecule has 5 heteroatoms. The zero-order chi connectivity index (χ0) is 14.1. The first-order chi connectivity index (χ1) is 9.69. The molecule has 0 aromatic heterocycles. The number of carbonyl (C=O) groups is 2. The van der Waals surface area contributed by atoms with Crippen molar-refractivity contribution in [2.75, 3.05) is 18.5 Å². The van der Waals surface area contributed by atoms with Crippen LogP contribution in [0.4, 0.5) is 5.69 Å². The van der Waals surface area contributed by atoms with E-state index < -0.39 is 0 Å². The molecule has 0 saturated carbocycles. The van der Waals surface area contributed by atoms with Gasteiger partial charge in [0.2, 0.25) is 5.91 Å². The number of hydrogen-bond acceptors (Lipinski definition) is 3. The lowest BCUT2D eigenvalue weighted by Gasteiger charge is -2.24. The van der Waals surface area contributed by atoms with Gasteiger partial charge in [-0.3, -0.25) is 9.59 Å². The number of likely N-dealkylation sites (tertiary alicyclic amines) is 1. The van der Waals surface area contributed by atoms with Gasteiger partial charge in [-0.15, -0.1) is 0 Å². The third-order valence-electron chi connectivity index (χ3n) is 4.10. The number of benzene rings is 1. The zero-order valence-corrected chi connectivity index (χ0v) is 11.3. The lowest BCUT2D eigenvalue weighted by Crippen LogP contribution is -2.37. The van der Waals surface area contributed by atoms with Crippen LogP contribution in [-0.4, -0.2) is 41.0 Å². The van der Waals surface area contributed by atoms with Crippen LogP contribution in [0.5, 0.6) is 0 Å². The van der Waals surface area contributed by atoms with E-state index >= 15 is 0 Å². The second-order valence-corrected chi connectivity index (χ2v) is 5.40. The molecule has 1 fully saturated rings. The Bertz CT molecular complexity index is 556. The number of amides is 2. The molecule has 0 radical (unpaired) electrons. The van der Waals surface area contributed by atoms with Gasteiger partial charge in [0.1, 0.15) is 0 Å². The van der Waals surface area contributed by atoms with Crippen molar-refractivity contribution in [2.45, 2.75) is 31.7 Å². The number of nitrogens with zero attached hydrogens (tertiary/aromatic N) is 1. The maximum absolute atomic E-state index is 12.5. The lowest BCUT2D eigenvalue weighted by molar-refractivity contribution is -0.116. The van der Waals surface area contributed by atoms with E-state index in [1.165, 1.54) is 0 Å². The van der Waals surface area contributed by atoms with Crippen molar-refractivity contribution in [1.29, 1.82) is 0 Å². The van der Waals surface area contributed by atoms with Gasteiger partial charge in [0, 0.05) is 24.2 Å². The highest BCUT2D eigenvalue weighted by molar-refractivity contribution is 5.98. The van der Waals surface area contributed by atoms with Crippen LogP contribution in [0, 0.1) is 0 Å². The second-order valence-electron chi connectivity index (χ2n) is 5.40. The third-order valence-corrected chi connectivity index (χ3v) is 4.10. The van der Waals surface area contributed by atoms with E-state index in [4.69, 9.17) is 0 Å². The number of fused-ring (bicyclic) bond motifs is 1. The predicted molar refractivity (Wildman–Crippen MR) is 74.5 cm³/mol. The number of nitrogens with one attached hydrogen (secondary N) is 1. The van der Waals surface area contributed by atoms with E-state index in [1.54, 1.807) is 17.0 Å².